The van der Waals surface area contributed by atoms with Crippen LogP contribution in [0.5, 0.6) is 0 Å². The fraction of sp³-hybridized carbons (Fsp3) is 0.556. The molecule has 5 nitrogen and oxygen atoms in total. The van der Waals surface area contributed by atoms with Gasteiger partial charge in [0.2, 0.25) is 0 Å². The summed E-state index contributed by atoms with van der Waals surface area (Å²) >= 11 is 0. The highest BCUT2D eigenvalue weighted by atomic mass is 16.5. The number of nitrogens with zero attached hydrogens (tertiary/aromatic N) is 2. The lowest BCUT2D eigenvalue weighted by Crippen LogP contribution is -2.11. The summed E-state index contributed by atoms with van der Waals surface area (Å²) in [6, 6.07) is 0. The quantitative estimate of drug-likeness (QED) is 0.695. The number of hydrogen-bond acceptors (Lipinski definition) is 4. The van der Waals surface area contributed by atoms with Crippen LogP contribution in [-0.2, 0) is 18.2 Å². The van der Waals surface area contributed by atoms with Gasteiger partial charge in [0.1, 0.15) is 0 Å². The van der Waals surface area contributed by atoms with Gasteiger partial charge in [0.25, 0.3) is 0 Å². The Morgan fingerprint density at radius 3 is 3.00 bits per heavy atom. The molecule has 1 heterocycles. The van der Waals surface area contributed by atoms with E-state index in [1.54, 1.807) is 24.9 Å². The summed E-state index contributed by atoms with van der Waals surface area (Å²) in [4.78, 5) is 11.4. The molecule has 2 N–H and O–H groups in total. The average molecular weight is 197 g/mol. The molecule has 78 valence electrons. The van der Waals surface area contributed by atoms with E-state index in [-0.39, 0.29) is 5.97 Å². The second-order valence-electron chi connectivity index (χ2n) is 2.94. The van der Waals surface area contributed by atoms with Crippen molar-refractivity contribution in [1.82, 2.24) is 9.78 Å². The normalized spacial score (nSPS) is 10.2. The molecule has 0 saturated carbocycles. The first-order valence-corrected chi connectivity index (χ1v) is 4.58. The zero-order chi connectivity index (χ0) is 10.6. The first-order valence-electron chi connectivity index (χ1n) is 4.58. The highest BCUT2D eigenvalue weighted by Gasteiger charge is 2.15. The molecule has 0 unspecified atom stereocenters. The zero-order valence-electron chi connectivity index (χ0n) is 8.49. The Hall–Kier alpha value is -1.36. The van der Waals surface area contributed by atoms with Crippen molar-refractivity contribution in [3.05, 3.63) is 17.5 Å². The first kappa shape index (κ1) is 10.7. The lowest BCUT2D eigenvalue weighted by Gasteiger charge is -2.00. The Kier molecular flexibility index (Phi) is 3.64. The Bertz CT molecular complexity index is 320. The Morgan fingerprint density at radius 1 is 1.71 bits per heavy atom. The Balaban J connectivity index is 2.88. The highest BCUT2D eigenvalue weighted by Crippen LogP contribution is 2.08. The molecule has 1 rings (SSSR count). The molecule has 0 aliphatic rings. The van der Waals surface area contributed by atoms with E-state index in [9.17, 15) is 4.79 Å². The van der Waals surface area contributed by atoms with E-state index in [1.165, 1.54) is 0 Å². The van der Waals surface area contributed by atoms with Gasteiger partial charge in [-0.3, -0.25) is 4.68 Å². The van der Waals surface area contributed by atoms with Crippen molar-refractivity contribution in [3.8, 4) is 0 Å². The largest absolute Gasteiger partial charge is 0.461 e. The Morgan fingerprint density at radius 2 is 2.43 bits per heavy atom. The lowest BCUT2D eigenvalue weighted by molar-refractivity contribution is 0.0517. The van der Waals surface area contributed by atoms with Gasteiger partial charge in [-0.05, 0) is 19.9 Å². The second kappa shape index (κ2) is 4.76. The van der Waals surface area contributed by atoms with Crippen LogP contribution in [0, 0.1) is 0 Å². The van der Waals surface area contributed by atoms with Crippen LogP contribution in [0.25, 0.3) is 0 Å². The van der Waals surface area contributed by atoms with Crippen LogP contribution in [-0.4, -0.2) is 28.9 Å². The van der Waals surface area contributed by atoms with Gasteiger partial charge in [0.05, 0.1) is 6.61 Å². The molecule has 0 aliphatic heterocycles. The van der Waals surface area contributed by atoms with Gasteiger partial charge in [0.15, 0.2) is 5.69 Å². The van der Waals surface area contributed by atoms with Gasteiger partial charge in [-0.15, -0.1) is 0 Å². The van der Waals surface area contributed by atoms with E-state index < -0.39 is 0 Å². The van der Waals surface area contributed by atoms with E-state index in [1.807, 2.05) is 0 Å². The maximum atomic E-state index is 11.4. The van der Waals surface area contributed by atoms with Crippen molar-refractivity contribution in [2.24, 2.45) is 12.8 Å². The van der Waals surface area contributed by atoms with Gasteiger partial charge < -0.3 is 10.5 Å². The standard InChI is InChI=1S/C9H15N3O2/c1-3-14-9(13)8-7(4-5-10)6-12(2)11-8/h6H,3-5,10H2,1-2H3. The van der Waals surface area contributed by atoms with Crippen molar-refractivity contribution in [1.29, 1.82) is 0 Å². The van der Waals surface area contributed by atoms with Crippen molar-refractivity contribution in [3.63, 3.8) is 0 Å². The number of ether oxygens (including phenoxy) is 1. The van der Waals surface area contributed by atoms with Gasteiger partial charge in [-0.1, -0.05) is 0 Å². The molecular formula is C9H15N3O2. The monoisotopic (exact) mass is 197 g/mol. The third kappa shape index (κ3) is 2.32. The number of rotatable bonds is 4. The van der Waals surface area contributed by atoms with E-state index in [0.29, 0.717) is 25.3 Å². The van der Waals surface area contributed by atoms with Crippen molar-refractivity contribution >= 4 is 5.97 Å². The van der Waals surface area contributed by atoms with Crippen LogP contribution in [0.2, 0.25) is 0 Å². The second-order valence-corrected chi connectivity index (χ2v) is 2.94. The molecule has 1 aromatic rings. The molecule has 14 heavy (non-hydrogen) atoms. The predicted molar refractivity (Wildman–Crippen MR) is 51.9 cm³/mol. The molecule has 0 spiro atoms. The highest BCUT2D eigenvalue weighted by molar-refractivity contribution is 5.88. The molecule has 0 amide bonds. The predicted octanol–water partition coefficient (Wildman–Crippen LogP) is 0.0980. The molecular weight excluding hydrogens is 182 g/mol. The fourth-order valence-electron chi connectivity index (χ4n) is 1.25. The minimum atomic E-state index is -0.378. The van der Waals surface area contributed by atoms with Crippen LogP contribution in [0.1, 0.15) is 23.0 Å². The topological polar surface area (TPSA) is 70.1 Å². The summed E-state index contributed by atoms with van der Waals surface area (Å²) in [6.45, 7) is 2.62. The molecule has 0 bridgehead atoms. The summed E-state index contributed by atoms with van der Waals surface area (Å²) in [5.74, 6) is -0.378. The zero-order valence-corrected chi connectivity index (χ0v) is 8.49. The number of carbonyl (C=O) groups excluding carboxylic acids is 1. The molecule has 1 aromatic heterocycles. The van der Waals surface area contributed by atoms with E-state index in [4.69, 9.17) is 10.5 Å². The number of aryl methyl sites for hydroxylation is 1. The molecule has 0 radical (unpaired) electrons. The maximum Gasteiger partial charge on any atom is 0.359 e. The SMILES string of the molecule is CCOC(=O)c1nn(C)cc1CCN. The van der Waals surface area contributed by atoms with Crippen LogP contribution >= 0.6 is 0 Å². The number of hydrogen-bond donors (Lipinski definition) is 1. The number of aromatic nitrogens is 2. The average Bonchev–Trinajstić information content (AvgIpc) is 2.48. The van der Waals surface area contributed by atoms with E-state index in [0.717, 1.165) is 5.56 Å². The van der Waals surface area contributed by atoms with Crippen LogP contribution in [0.15, 0.2) is 6.20 Å². The van der Waals surface area contributed by atoms with Crippen LogP contribution in [0.3, 0.4) is 0 Å². The lowest BCUT2D eigenvalue weighted by atomic mass is 10.2. The molecule has 0 saturated heterocycles. The summed E-state index contributed by atoms with van der Waals surface area (Å²) in [7, 11) is 1.77. The minimum Gasteiger partial charge on any atom is -0.461 e. The van der Waals surface area contributed by atoms with Crippen molar-refractivity contribution in [2.45, 2.75) is 13.3 Å². The summed E-state index contributed by atoms with van der Waals surface area (Å²) in [5.41, 5.74) is 6.64. The van der Waals surface area contributed by atoms with Crippen molar-refractivity contribution in [2.75, 3.05) is 13.2 Å². The number of carbonyl (C=O) groups is 1. The maximum absolute atomic E-state index is 11.4. The molecule has 0 atom stereocenters. The minimum absolute atomic E-state index is 0.359. The van der Waals surface area contributed by atoms with E-state index in [2.05, 4.69) is 5.10 Å². The third-order valence-electron chi connectivity index (χ3n) is 1.79. The molecule has 0 aliphatic carbocycles. The van der Waals surface area contributed by atoms with E-state index >= 15 is 0 Å². The summed E-state index contributed by atoms with van der Waals surface area (Å²) in [6.07, 6.45) is 2.43. The van der Waals surface area contributed by atoms with Gasteiger partial charge in [0, 0.05) is 18.8 Å². The summed E-state index contributed by atoms with van der Waals surface area (Å²) in [5, 5.41) is 4.03. The Labute approximate surface area is 82.8 Å². The van der Waals surface area contributed by atoms with Crippen LogP contribution in [0.4, 0.5) is 0 Å². The molecule has 0 aromatic carbocycles. The van der Waals surface area contributed by atoms with Crippen LogP contribution < -0.4 is 5.73 Å². The molecule has 5 heteroatoms. The van der Waals surface area contributed by atoms with Gasteiger partial charge in [-0.25, -0.2) is 4.79 Å². The fourth-order valence-corrected chi connectivity index (χ4v) is 1.25. The summed E-state index contributed by atoms with van der Waals surface area (Å²) < 4.78 is 6.47. The number of esters is 1. The number of nitrogens with two attached hydrogens (primary N) is 1. The third-order valence-corrected chi connectivity index (χ3v) is 1.79. The first-order chi connectivity index (χ1) is 6.69. The molecule has 0 fully saturated rings. The van der Waals surface area contributed by atoms with Crippen molar-refractivity contribution < 1.29 is 9.53 Å². The van der Waals surface area contributed by atoms with Gasteiger partial charge in [-0.2, -0.15) is 5.10 Å². The van der Waals surface area contributed by atoms with Gasteiger partial charge >= 0.3 is 5.97 Å². The smallest absolute Gasteiger partial charge is 0.359 e.